The van der Waals surface area contributed by atoms with Crippen molar-refractivity contribution >= 4 is 17.7 Å². The van der Waals surface area contributed by atoms with Gasteiger partial charge in [0.15, 0.2) is 10.9 Å². The number of rotatable bonds is 3. The maximum Gasteiger partial charge on any atom is 0.356 e. The predicted molar refractivity (Wildman–Crippen MR) is 56.3 cm³/mol. The molecule has 82 valence electrons. The molecule has 7 heteroatoms. The topological polar surface area (TPSA) is 80.9 Å². The number of hydrogen-bond acceptors (Lipinski definition) is 5. The first-order chi connectivity index (χ1) is 7.66. The van der Waals surface area contributed by atoms with Gasteiger partial charge in [0.25, 0.3) is 0 Å². The van der Waals surface area contributed by atoms with Crippen LogP contribution in [0.4, 0.5) is 0 Å². The molecule has 0 unspecified atom stereocenters. The molecule has 0 aliphatic heterocycles. The van der Waals surface area contributed by atoms with Crippen LogP contribution in [0.15, 0.2) is 34.7 Å². The Hall–Kier alpha value is -1.89. The number of carboxylic acid groups (broad SMARTS) is 1. The number of carboxylic acids is 1. The Labute approximate surface area is 95.3 Å². The lowest BCUT2D eigenvalue weighted by Crippen LogP contribution is -2.01. The van der Waals surface area contributed by atoms with Gasteiger partial charge in [0.05, 0.1) is 0 Å². The summed E-state index contributed by atoms with van der Waals surface area (Å²) in [6.07, 6.45) is 3.50. The van der Waals surface area contributed by atoms with Gasteiger partial charge in [-0.05, 0) is 23.9 Å². The number of imidazole rings is 1. The standard InChI is InChI=1S/C9H8N4O2S/c1-13-5-4-10-9(13)16-7-3-2-6(8(14)15)11-12-7/h2-5H,1H3,(H,14,15). The first-order valence-electron chi connectivity index (χ1n) is 4.39. The van der Waals surface area contributed by atoms with Gasteiger partial charge in [0.2, 0.25) is 0 Å². The van der Waals surface area contributed by atoms with Crippen molar-refractivity contribution in [2.24, 2.45) is 7.05 Å². The summed E-state index contributed by atoms with van der Waals surface area (Å²) in [4.78, 5) is 14.7. The van der Waals surface area contributed by atoms with Gasteiger partial charge in [-0.15, -0.1) is 10.2 Å². The molecule has 0 radical (unpaired) electrons. The highest BCUT2D eigenvalue weighted by Crippen LogP contribution is 2.22. The summed E-state index contributed by atoms with van der Waals surface area (Å²) in [6, 6.07) is 3.02. The molecule has 0 aromatic carbocycles. The van der Waals surface area contributed by atoms with Crippen molar-refractivity contribution in [1.29, 1.82) is 0 Å². The second kappa shape index (κ2) is 4.31. The highest BCUT2D eigenvalue weighted by atomic mass is 32.2. The number of carbonyl (C=O) groups is 1. The van der Waals surface area contributed by atoms with Crippen LogP contribution in [0.1, 0.15) is 10.5 Å². The second-order valence-corrected chi connectivity index (χ2v) is 3.97. The van der Waals surface area contributed by atoms with Crippen LogP contribution in [-0.4, -0.2) is 30.8 Å². The minimum Gasteiger partial charge on any atom is -0.476 e. The monoisotopic (exact) mass is 236 g/mol. The largest absolute Gasteiger partial charge is 0.476 e. The summed E-state index contributed by atoms with van der Waals surface area (Å²) in [5.41, 5.74) is -0.0656. The Balaban J connectivity index is 2.17. The number of nitrogens with zero attached hydrogens (tertiary/aromatic N) is 4. The van der Waals surface area contributed by atoms with Gasteiger partial charge in [-0.25, -0.2) is 9.78 Å². The summed E-state index contributed by atoms with van der Waals surface area (Å²) < 4.78 is 1.84. The lowest BCUT2D eigenvalue weighted by Gasteiger charge is -1.99. The highest BCUT2D eigenvalue weighted by Gasteiger charge is 2.07. The Bertz CT molecular complexity index is 508. The second-order valence-electron chi connectivity index (χ2n) is 2.98. The fraction of sp³-hybridized carbons (Fsp3) is 0.111. The molecule has 0 atom stereocenters. The molecule has 0 amide bonds. The van der Waals surface area contributed by atoms with Crippen molar-refractivity contribution < 1.29 is 9.90 Å². The molecule has 2 rings (SSSR count). The minimum absolute atomic E-state index is 0.0656. The molecule has 0 bridgehead atoms. The van der Waals surface area contributed by atoms with Gasteiger partial charge in [-0.3, -0.25) is 0 Å². The average Bonchev–Trinajstić information content (AvgIpc) is 2.65. The zero-order valence-electron chi connectivity index (χ0n) is 8.36. The molecule has 0 saturated heterocycles. The molecule has 1 N–H and O–H groups in total. The summed E-state index contributed by atoms with van der Waals surface area (Å²) in [6.45, 7) is 0. The molecule has 0 saturated carbocycles. The van der Waals surface area contributed by atoms with E-state index in [1.54, 1.807) is 12.3 Å². The van der Waals surface area contributed by atoms with E-state index in [0.717, 1.165) is 5.16 Å². The maximum absolute atomic E-state index is 10.6. The Kier molecular flexibility index (Phi) is 2.86. The van der Waals surface area contributed by atoms with E-state index in [9.17, 15) is 4.79 Å². The molecule has 0 fully saturated rings. The third-order valence-electron chi connectivity index (χ3n) is 1.83. The fourth-order valence-electron chi connectivity index (χ4n) is 1.03. The van der Waals surface area contributed by atoms with Crippen molar-refractivity contribution in [3.05, 3.63) is 30.2 Å². The van der Waals surface area contributed by atoms with Gasteiger partial charge in [0, 0.05) is 19.4 Å². The van der Waals surface area contributed by atoms with Crippen LogP contribution in [0, 0.1) is 0 Å². The molecule has 0 spiro atoms. The van der Waals surface area contributed by atoms with E-state index < -0.39 is 5.97 Å². The molecular weight excluding hydrogens is 228 g/mol. The zero-order chi connectivity index (χ0) is 11.5. The normalized spacial score (nSPS) is 10.3. The van der Waals surface area contributed by atoms with Crippen LogP contribution in [0.3, 0.4) is 0 Å². The van der Waals surface area contributed by atoms with E-state index in [-0.39, 0.29) is 5.69 Å². The SMILES string of the molecule is Cn1ccnc1Sc1ccc(C(=O)O)nn1. The predicted octanol–water partition coefficient (Wildman–Crippen LogP) is 1.06. The minimum atomic E-state index is -1.08. The summed E-state index contributed by atoms with van der Waals surface area (Å²) in [5.74, 6) is -1.08. The first-order valence-corrected chi connectivity index (χ1v) is 5.20. The first kappa shape index (κ1) is 10.6. The van der Waals surface area contributed by atoms with Crippen LogP contribution >= 0.6 is 11.8 Å². The molecule has 6 nitrogen and oxygen atoms in total. The fourth-order valence-corrected chi connectivity index (χ4v) is 1.76. The van der Waals surface area contributed by atoms with Crippen LogP contribution < -0.4 is 0 Å². The highest BCUT2D eigenvalue weighted by molar-refractivity contribution is 7.99. The molecule has 2 aromatic rings. The Morgan fingerprint density at radius 2 is 2.25 bits per heavy atom. The quantitative estimate of drug-likeness (QED) is 0.858. The Morgan fingerprint density at radius 3 is 2.75 bits per heavy atom. The van der Waals surface area contributed by atoms with Crippen molar-refractivity contribution in [2.75, 3.05) is 0 Å². The lowest BCUT2D eigenvalue weighted by molar-refractivity contribution is 0.0689. The van der Waals surface area contributed by atoms with Crippen molar-refractivity contribution in [1.82, 2.24) is 19.7 Å². The van der Waals surface area contributed by atoms with Crippen molar-refractivity contribution in [3.63, 3.8) is 0 Å². The summed E-state index contributed by atoms with van der Waals surface area (Å²) in [5, 5.41) is 17.4. The van der Waals surface area contributed by atoms with Gasteiger partial charge in [-0.1, -0.05) is 0 Å². The number of aromatic nitrogens is 4. The average molecular weight is 236 g/mol. The van der Waals surface area contributed by atoms with Gasteiger partial charge in [0.1, 0.15) is 5.03 Å². The molecule has 0 aliphatic rings. The number of aromatic carboxylic acids is 1. The van der Waals surface area contributed by atoms with E-state index >= 15 is 0 Å². The zero-order valence-corrected chi connectivity index (χ0v) is 9.18. The van der Waals surface area contributed by atoms with Crippen LogP contribution in [0.2, 0.25) is 0 Å². The van der Waals surface area contributed by atoms with Gasteiger partial charge in [-0.2, -0.15) is 0 Å². The van der Waals surface area contributed by atoms with Gasteiger partial charge < -0.3 is 9.67 Å². The van der Waals surface area contributed by atoms with E-state index in [4.69, 9.17) is 5.11 Å². The molecule has 16 heavy (non-hydrogen) atoms. The summed E-state index contributed by atoms with van der Waals surface area (Å²) in [7, 11) is 1.87. The third-order valence-corrected chi connectivity index (χ3v) is 2.83. The van der Waals surface area contributed by atoms with Crippen LogP contribution in [0.25, 0.3) is 0 Å². The lowest BCUT2D eigenvalue weighted by atomic mass is 10.4. The van der Waals surface area contributed by atoms with E-state index in [2.05, 4.69) is 15.2 Å². The van der Waals surface area contributed by atoms with E-state index in [0.29, 0.717) is 5.03 Å². The van der Waals surface area contributed by atoms with Gasteiger partial charge >= 0.3 is 5.97 Å². The van der Waals surface area contributed by atoms with E-state index in [1.807, 2.05) is 17.8 Å². The maximum atomic E-state index is 10.6. The number of aryl methyl sites for hydroxylation is 1. The van der Waals surface area contributed by atoms with Crippen LogP contribution in [0.5, 0.6) is 0 Å². The van der Waals surface area contributed by atoms with Crippen LogP contribution in [-0.2, 0) is 7.05 Å². The van der Waals surface area contributed by atoms with E-state index in [1.165, 1.54) is 17.8 Å². The smallest absolute Gasteiger partial charge is 0.356 e. The van der Waals surface area contributed by atoms with Crippen molar-refractivity contribution in [2.45, 2.75) is 10.2 Å². The Morgan fingerprint density at radius 1 is 1.44 bits per heavy atom. The van der Waals surface area contributed by atoms with Crippen molar-refractivity contribution in [3.8, 4) is 0 Å². The molecule has 2 aromatic heterocycles. The third kappa shape index (κ3) is 2.19. The molecule has 0 aliphatic carbocycles. The number of hydrogen-bond donors (Lipinski definition) is 1. The molecular formula is C9H8N4O2S. The summed E-state index contributed by atoms with van der Waals surface area (Å²) >= 11 is 1.33. The molecule has 2 heterocycles.